The van der Waals surface area contributed by atoms with Gasteiger partial charge < -0.3 is 14.8 Å². The Kier molecular flexibility index (Phi) is 7.26. The number of methoxy groups -OCH3 is 1. The third kappa shape index (κ3) is 4.57. The lowest BCUT2D eigenvalue weighted by Crippen LogP contribution is -2.28. The Morgan fingerprint density at radius 1 is 1.17 bits per heavy atom. The van der Waals surface area contributed by atoms with Crippen molar-refractivity contribution in [2.75, 3.05) is 19.0 Å². The Morgan fingerprint density at radius 2 is 1.97 bits per heavy atom. The summed E-state index contributed by atoms with van der Waals surface area (Å²) in [5, 5.41) is 4.48. The molecule has 0 aliphatic carbocycles. The van der Waals surface area contributed by atoms with Crippen LogP contribution in [0, 0.1) is 0 Å². The Morgan fingerprint density at radius 3 is 2.60 bits per heavy atom. The molecule has 0 amide bonds. The number of aromatic nitrogens is 2. The van der Waals surface area contributed by atoms with Gasteiger partial charge in [-0.3, -0.25) is 0 Å². The van der Waals surface area contributed by atoms with Crippen LogP contribution in [-0.2, 0) is 11.3 Å². The number of thiophene rings is 1. The second-order valence-corrected chi connectivity index (χ2v) is 8.71. The first-order valence-electron chi connectivity index (χ1n) is 10.2. The number of ether oxygens (including phenoxy) is 2. The van der Waals surface area contributed by atoms with Gasteiger partial charge in [-0.05, 0) is 44.5 Å². The Hall–Kier alpha value is -2.25. The number of hydrogen-bond acceptors (Lipinski definition) is 7. The molecule has 0 saturated carbocycles. The minimum absolute atomic E-state index is 0.553. The standard InChI is InChI=1S/C23H29N3O2S2/c1-6-10-15-11-12-20(30-15)23(29,8-3)26-22-16-13-18(27-5)19(28-9-4)14-17(16)24-21(7-2)25-22/h6,10-14,29H,7-9H2,1-5H3,(H,24,25,26)/b10-6+/t23-/m0/s1. The normalized spacial score (nSPS) is 13.5. The average Bonchev–Trinajstić information content (AvgIpc) is 3.23. The summed E-state index contributed by atoms with van der Waals surface area (Å²) in [6.45, 7) is 8.70. The molecule has 3 rings (SSSR count). The highest BCUT2D eigenvalue weighted by atomic mass is 32.1. The van der Waals surface area contributed by atoms with Crippen molar-refractivity contribution >= 4 is 46.8 Å². The number of allylic oxidation sites excluding steroid dienone is 1. The summed E-state index contributed by atoms with van der Waals surface area (Å²) in [7, 11) is 1.64. The van der Waals surface area contributed by atoms with Crippen molar-refractivity contribution < 1.29 is 9.47 Å². The van der Waals surface area contributed by atoms with Gasteiger partial charge in [0.1, 0.15) is 16.5 Å². The van der Waals surface area contributed by atoms with E-state index in [4.69, 9.17) is 32.1 Å². The molecule has 2 heterocycles. The van der Waals surface area contributed by atoms with Crippen LogP contribution in [0.2, 0.25) is 0 Å². The number of nitrogens with zero attached hydrogens (tertiary/aromatic N) is 2. The molecular formula is C23H29N3O2S2. The predicted octanol–water partition coefficient (Wildman–Crippen LogP) is 6.30. The SMILES string of the molecule is C/C=C/c1ccc([C@@](S)(CC)Nc2nc(CC)nc3cc(OCC)c(OC)cc23)s1. The zero-order valence-electron chi connectivity index (χ0n) is 18.2. The van der Waals surface area contributed by atoms with E-state index in [0.717, 1.165) is 40.3 Å². The van der Waals surface area contributed by atoms with Gasteiger partial charge in [-0.2, -0.15) is 0 Å². The van der Waals surface area contributed by atoms with Gasteiger partial charge in [0.15, 0.2) is 11.5 Å². The van der Waals surface area contributed by atoms with Gasteiger partial charge in [-0.25, -0.2) is 9.97 Å². The zero-order valence-corrected chi connectivity index (χ0v) is 19.9. The number of thiol groups is 1. The molecule has 1 atom stereocenters. The maximum absolute atomic E-state index is 5.74. The lowest BCUT2D eigenvalue weighted by molar-refractivity contribution is 0.311. The number of rotatable bonds is 9. The highest BCUT2D eigenvalue weighted by Crippen LogP contribution is 2.40. The van der Waals surface area contributed by atoms with E-state index in [1.165, 1.54) is 4.88 Å². The van der Waals surface area contributed by atoms with Crippen molar-refractivity contribution in [1.29, 1.82) is 0 Å². The Balaban J connectivity index is 2.12. The van der Waals surface area contributed by atoms with Gasteiger partial charge in [0, 0.05) is 27.6 Å². The molecule has 30 heavy (non-hydrogen) atoms. The first kappa shape index (κ1) is 22.4. The molecule has 0 fully saturated rings. The number of hydrogen-bond donors (Lipinski definition) is 2. The van der Waals surface area contributed by atoms with E-state index in [0.29, 0.717) is 18.1 Å². The van der Waals surface area contributed by atoms with E-state index in [1.54, 1.807) is 18.4 Å². The molecular weight excluding hydrogens is 414 g/mol. The molecule has 0 bridgehead atoms. The van der Waals surface area contributed by atoms with Gasteiger partial charge >= 0.3 is 0 Å². The summed E-state index contributed by atoms with van der Waals surface area (Å²) < 4.78 is 11.3. The van der Waals surface area contributed by atoms with Gasteiger partial charge in [0.25, 0.3) is 0 Å². The highest BCUT2D eigenvalue weighted by Gasteiger charge is 2.29. The molecule has 2 aromatic heterocycles. The second kappa shape index (κ2) is 9.71. The summed E-state index contributed by atoms with van der Waals surface area (Å²) >= 11 is 6.78. The fourth-order valence-electron chi connectivity index (χ4n) is 3.21. The van der Waals surface area contributed by atoms with Crippen molar-refractivity contribution in [3.8, 4) is 11.5 Å². The van der Waals surface area contributed by atoms with Crippen LogP contribution in [0.3, 0.4) is 0 Å². The second-order valence-electron chi connectivity index (χ2n) is 6.84. The van der Waals surface area contributed by atoms with E-state index in [1.807, 2.05) is 39.0 Å². The van der Waals surface area contributed by atoms with Gasteiger partial charge in [0.05, 0.1) is 19.2 Å². The van der Waals surface area contributed by atoms with Crippen LogP contribution in [0.5, 0.6) is 11.5 Å². The molecule has 3 aromatic rings. The van der Waals surface area contributed by atoms with Crippen molar-refractivity contribution in [3.05, 3.63) is 45.9 Å². The van der Waals surface area contributed by atoms with Gasteiger partial charge in [-0.15, -0.1) is 24.0 Å². The maximum atomic E-state index is 5.74. The first-order valence-corrected chi connectivity index (χ1v) is 11.5. The summed E-state index contributed by atoms with van der Waals surface area (Å²) in [6.07, 6.45) is 5.67. The molecule has 0 aliphatic heterocycles. The number of aryl methyl sites for hydroxylation is 1. The van der Waals surface area contributed by atoms with Crippen LogP contribution in [0.4, 0.5) is 5.82 Å². The highest BCUT2D eigenvalue weighted by molar-refractivity contribution is 7.81. The predicted molar refractivity (Wildman–Crippen MR) is 130 cm³/mol. The number of fused-ring (bicyclic) bond motifs is 1. The van der Waals surface area contributed by atoms with E-state index in [2.05, 4.69) is 30.4 Å². The summed E-state index contributed by atoms with van der Waals surface area (Å²) in [6, 6.07) is 8.10. The fourth-order valence-corrected chi connectivity index (χ4v) is 4.63. The smallest absolute Gasteiger partial charge is 0.163 e. The van der Waals surface area contributed by atoms with Gasteiger partial charge in [0.2, 0.25) is 0 Å². The minimum atomic E-state index is -0.553. The molecule has 0 aliphatic rings. The van der Waals surface area contributed by atoms with E-state index >= 15 is 0 Å². The van der Waals surface area contributed by atoms with E-state index in [9.17, 15) is 0 Å². The molecule has 5 nitrogen and oxygen atoms in total. The first-order chi connectivity index (χ1) is 14.5. The molecule has 0 saturated heterocycles. The van der Waals surface area contributed by atoms with Crippen molar-refractivity contribution in [3.63, 3.8) is 0 Å². The van der Waals surface area contributed by atoms with Crippen molar-refractivity contribution in [1.82, 2.24) is 9.97 Å². The Labute approximate surface area is 188 Å². The van der Waals surface area contributed by atoms with Crippen LogP contribution in [0.15, 0.2) is 30.3 Å². The molecule has 0 unspecified atom stereocenters. The molecule has 7 heteroatoms. The largest absolute Gasteiger partial charge is 0.493 e. The van der Waals surface area contributed by atoms with Crippen LogP contribution >= 0.6 is 24.0 Å². The summed E-state index contributed by atoms with van der Waals surface area (Å²) in [5.41, 5.74) is 0.821. The number of anilines is 1. The lowest BCUT2D eigenvalue weighted by Gasteiger charge is -2.29. The Bertz CT molecular complexity index is 1050. The monoisotopic (exact) mass is 443 g/mol. The molecule has 160 valence electrons. The van der Waals surface area contributed by atoms with E-state index in [-0.39, 0.29) is 0 Å². The molecule has 1 aromatic carbocycles. The van der Waals surface area contributed by atoms with Crippen LogP contribution in [0.1, 0.15) is 49.7 Å². The van der Waals surface area contributed by atoms with Crippen molar-refractivity contribution in [2.45, 2.75) is 45.4 Å². The number of benzene rings is 1. The van der Waals surface area contributed by atoms with Gasteiger partial charge in [-0.1, -0.05) is 19.9 Å². The number of nitrogens with one attached hydrogen (secondary N) is 1. The molecule has 0 spiro atoms. The maximum Gasteiger partial charge on any atom is 0.163 e. The zero-order chi connectivity index (χ0) is 21.7. The topological polar surface area (TPSA) is 56.3 Å². The van der Waals surface area contributed by atoms with Crippen LogP contribution in [-0.4, -0.2) is 23.7 Å². The van der Waals surface area contributed by atoms with Crippen LogP contribution < -0.4 is 14.8 Å². The molecule has 1 N–H and O–H groups in total. The lowest BCUT2D eigenvalue weighted by atomic mass is 10.1. The minimum Gasteiger partial charge on any atom is -0.493 e. The quantitative estimate of drug-likeness (QED) is 0.300. The summed E-state index contributed by atoms with van der Waals surface area (Å²) in [5.74, 6) is 2.86. The third-order valence-corrected chi connectivity index (χ3v) is 6.88. The molecule has 0 radical (unpaired) electrons. The third-order valence-electron chi connectivity index (χ3n) is 4.85. The summed E-state index contributed by atoms with van der Waals surface area (Å²) in [4.78, 5) is 11.3. The average molecular weight is 444 g/mol. The van der Waals surface area contributed by atoms with E-state index < -0.39 is 4.87 Å². The van der Waals surface area contributed by atoms with Crippen molar-refractivity contribution in [2.24, 2.45) is 0 Å². The van der Waals surface area contributed by atoms with Crippen LogP contribution in [0.25, 0.3) is 17.0 Å². The fraction of sp³-hybridized carbons (Fsp3) is 0.391.